The van der Waals surface area contributed by atoms with Crippen LogP contribution in [0.2, 0.25) is 0 Å². The van der Waals surface area contributed by atoms with Crippen LogP contribution in [-0.4, -0.2) is 44.4 Å². The van der Waals surface area contributed by atoms with Crippen molar-refractivity contribution in [2.75, 3.05) is 18.8 Å². The van der Waals surface area contributed by atoms with Crippen molar-refractivity contribution in [3.63, 3.8) is 0 Å². The number of rotatable bonds is 9. The average molecular weight is 410 g/mol. The maximum atomic E-state index is 12.6. The number of carbonyl (C=O) groups is 1. The Kier molecular flexibility index (Phi) is 7.09. The first-order valence-electron chi connectivity index (χ1n) is 9.43. The number of thioether (sulfide) groups is 1. The zero-order chi connectivity index (χ0) is 20.6. The highest BCUT2D eigenvalue weighted by Gasteiger charge is 2.20. The van der Waals surface area contributed by atoms with Gasteiger partial charge >= 0.3 is 0 Å². The Hall–Kier alpha value is -3.05. The number of nitrogens with zero attached hydrogens (tertiary/aromatic N) is 5. The van der Waals surface area contributed by atoms with Gasteiger partial charge in [0.2, 0.25) is 11.7 Å². The molecule has 1 amide bonds. The Morgan fingerprint density at radius 2 is 2.07 bits per heavy atom. The first-order chi connectivity index (χ1) is 14.1. The Morgan fingerprint density at radius 1 is 1.28 bits per heavy atom. The van der Waals surface area contributed by atoms with Gasteiger partial charge in [0.15, 0.2) is 10.9 Å². The summed E-state index contributed by atoms with van der Waals surface area (Å²) in [4.78, 5) is 14.3. The molecule has 0 saturated carbocycles. The standard InChI is InChI=1S/C21H23N5O2S/c1-3-25(13-16(2)12-22)19(27)15-29-21-24-23-20(18-10-7-11-28-18)26(21)14-17-8-5-4-6-9-17/h4-11,16H,3,13-15H2,1-2H3. The van der Waals surface area contributed by atoms with Gasteiger partial charge in [0, 0.05) is 13.1 Å². The van der Waals surface area contributed by atoms with E-state index in [0.717, 1.165) is 5.56 Å². The topological polar surface area (TPSA) is 87.9 Å². The zero-order valence-corrected chi connectivity index (χ0v) is 17.3. The molecule has 2 aromatic heterocycles. The van der Waals surface area contributed by atoms with Gasteiger partial charge < -0.3 is 9.32 Å². The maximum absolute atomic E-state index is 12.6. The number of hydrogen-bond acceptors (Lipinski definition) is 6. The molecule has 0 saturated heterocycles. The number of amides is 1. The van der Waals surface area contributed by atoms with E-state index in [2.05, 4.69) is 16.3 Å². The van der Waals surface area contributed by atoms with Gasteiger partial charge in [-0.3, -0.25) is 9.36 Å². The molecule has 0 radical (unpaired) electrons. The number of nitriles is 1. The van der Waals surface area contributed by atoms with Crippen LogP contribution in [-0.2, 0) is 11.3 Å². The Bertz CT molecular complexity index is 963. The number of benzene rings is 1. The monoisotopic (exact) mass is 409 g/mol. The molecule has 1 aromatic carbocycles. The molecule has 1 atom stereocenters. The van der Waals surface area contributed by atoms with E-state index in [9.17, 15) is 4.79 Å². The minimum absolute atomic E-state index is 0.0200. The fraction of sp³-hybridized carbons (Fsp3) is 0.333. The van der Waals surface area contributed by atoms with Crippen molar-refractivity contribution in [1.82, 2.24) is 19.7 Å². The van der Waals surface area contributed by atoms with Crippen LogP contribution >= 0.6 is 11.8 Å². The van der Waals surface area contributed by atoms with E-state index in [0.29, 0.717) is 36.4 Å². The molecule has 0 fully saturated rings. The van der Waals surface area contributed by atoms with Crippen molar-refractivity contribution in [2.45, 2.75) is 25.5 Å². The van der Waals surface area contributed by atoms with Crippen LogP contribution in [0.1, 0.15) is 19.4 Å². The highest BCUT2D eigenvalue weighted by atomic mass is 32.2. The van der Waals surface area contributed by atoms with E-state index >= 15 is 0 Å². The lowest BCUT2D eigenvalue weighted by Crippen LogP contribution is -2.35. The molecule has 0 spiro atoms. The lowest BCUT2D eigenvalue weighted by molar-refractivity contribution is -0.128. The molecule has 150 valence electrons. The van der Waals surface area contributed by atoms with E-state index in [1.165, 1.54) is 11.8 Å². The van der Waals surface area contributed by atoms with E-state index in [4.69, 9.17) is 9.68 Å². The smallest absolute Gasteiger partial charge is 0.233 e. The summed E-state index contributed by atoms with van der Waals surface area (Å²) in [5.74, 6) is 1.27. The van der Waals surface area contributed by atoms with Crippen LogP contribution in [0.5, 0.6) is 0 Å². The molecule has 7 nitrogen and oxygen atoms in total. The normalized spacial score (nSPS) is 11.8. The third-order valence-electron chi connectivity index (χ3n) is 4.42. The van der Waals surface area contributed by atoms with Crippen molar-refractivity contribution < 1.29 is 9.21 Å². The minimum atomic E-state index is -0.198. The van der Waals surface area contributed by atoms with Crippen LogP contribution in [0.4, 0.5) is 0 Å². The molecule has 0 bridgehead atoms. The summed E-state index contributed by atoms with van der Waals surface area (Å²) in [7, 11) is 0. The van der Waals surface area contributed by atoms with Crippen LogP contribution in [0.15, 0.2) is 58.3 Å². The number of carbonyl (C=O) groups excluding carboxylic acids is 1. The van der Waals surface area contributed by atoms with Gasteiger partial charge in [-0.25, -0.2) is 0 Å². The highest BCUT2D eigenvalue weighted by Crippen LogP contribution is 2.25. The summed E-state index contributed by atoms with van der Waals surface area (Å²) in [5, 5.41) is 18.3. The molecule has 0 aliphatic carbocycles. The zero-order valence-electron chi connectivity index (χ0n) is 16.5. The van der Waals surface area contributed by atoms with Gasteiger partial charge in [-0.15, -0.1) is 10.2 Å². The van der Waals surface area contributed by atoms with E-state index in [1.807, 2.05) is 60.9 Å². The fourth-order valence-corrected chi connectivity index (χ4v) is 3.73. The third-order valence-corrected chi connectivity index (χ3v) is 5.37. The van der Waals surface area contributed by atoms with Gasteiger partial charge in [-0.05, 0) is 31.5 Å². The molecular formula is C21H23N5O2S. The Labute approximate surface area is 174 Å². The maximum Gasteiger partial charge on any atom is 0.233 e. The van der Waals surface area contributed by atoms with E-state index in [-0.39, 0.29) is 17.6 Å². The SMILES string of the molecule is CCN(CC(C)C#N)C(=O)CSc1nnc(-c2ccco2)n1Cc1ccccc1. The predicted molar refractivity (Wildman–Crippen MR) is 111 cm³/mol. The van der Waals surface area contributed by atoms with Crippen molar-refractivity contribution in [3.8, 4) is 17.7 Å². The summed E-state index contributed by atoms with van der Waals surface area (Å²) >= 11 is 1.34. The summed E-state index contributed by atoms with van der Waals surface area (Å²) in [6.07, 6.45) is 1.60. The van der Waals surface area contributed by atoms with Crippen LogP contribution in [0.25, 0.3) is 11.6 Å². The van der Waals surface area contributed by atoms with Crippen molar-refractivity contribution in [3.05, 3.63) is 54.3 Å². The molecule has 2 heterocycles. The molecule has 0 aliphatic heterocycles. The quantitative estimate of drug-likeness (QED) is 0.501. The van der Waals surface area contributed by atoms with Crippen molar-refractivity contribution in [2.24, 2.45) is 5.92 Å². The second-order valence-electron chi connectivity index (χ2n) is 6.61. The third kappa shape index (κ3) is 5.27. The largest absolute Gasteiger partial charge is 0.461 e. The first-order valence-corrected chi connectivity index (χ1v) is 10.4. The lowest BCUT2D eigenvalue weighted by Gasteiger charge is -2.21. The van der Waals surface area contributed by atoms with E-state index < -0.39 is 0 Å². The Morgan fingerprint density at radius 3 is 2.72 bits per heavy atom. The second kappa shape index (κ2) is 9.94. The van der Waals surface area contributed by atoms with Gasteiger partial charge in [-0.2, -0.15) is 5.26 Å². The number of aromatic nitrogens is 3. The predicted octanol–water partition coefficient (Wildman–Crippen LogP) is 3.69. The molecule has 29 heavy (non-hydrogen) atoms. The molecule has 3 aromatic rings. The summed E-state index contributed by atoms with van der Waals surface area (Å²) in [5.41, 5.74) is 1.10. The van der Waals surface area contributed by atoms with Crippen LogP contribution < -0.4 is 0 Å². The summed E-state index contributed by atoms with van der Waals surface area (Å²) in [6, 6.07) is 15.8. The van der Waals surface area contributed by atoms with Gasteiger partial charge in [0.05, 0.1) is 30.5 Å². The highest BCUT2D eigenvalue weighted by molar-refractivity contribution is 7.99. The van der Waals surface area contributed by atoms with E-state index in [1.54, 1.807) is 11.2 Å². The number of hydrogen-bond donors (Lipinski definition) is 0. The minimum Gasteiger partial charge on any atom is -0.461 e. The van der Waals surface area contributed by atoms with Crippen LogP contribution in [0.3, 0.4) is 0 Å². The molecule has 8 heteroatoms. The second-order valence-corrected chi connectivity index (χ2v) is 7.55. The van der Waals surface area contributed by atoms with Gasteiger partial charge in [0.1, 0.15) is 0 Å². The van der Waals surface area contributed by atoms with Crippen molar-refractivity contribution in [1.29, 1.82) is 5.26 Å². The average Bonchev–Trinajstić information content (AvgIpc) is 3.40. The van der Waals surface area contributed by atoms with Gasteiger partial charge in [-0.1, -0.05) is 42.1 Å². The summed E-state index contributed by atoms with van der Waals surface area (Å²) in [6.45, 7) is 5.30. The molecule has 1 unspecified atom stereocenters. The molecule has 0 N–H and O–H groups in total. The lowest BCUT2D eigenvalue weighted by atomic mass is 10.2. The Balaban J connectivity index is 1.78. The van der Waals surface area contributed by atoms with Crippen molar-refractivity contribution >= 4 is 17.7 Å². The van der Waals surface area contributed by atoms with Gasteiger partial charge in [0.25, 0.3) is 0 Å². The molecular weight excluding hydrogens is 386 g/mol. The molecule has 3 rings (SSSR count). The summed E-state index contributed by atoms with van der Waals surface area (Å²) < 4.78 is 7.47. The number of furan rings is 1. The van der Waals surface area contributed by atoms with Crippen LogP contribution in [0, 0.1) is 17.2 Å². The molecule has 0 aliphatic rings. The fourth-order valence-electron chi connectivity index (χ4n) is 2.89. The first kappa shape index (κ1) is 20.7.